The van der Waals surface area contributed by atoms with E-state index < -0.39 is 0 Å². The molecular formula is C17H20N2S. The molecule has 2 aromatic heterocycles. The van der Waals surface area contributed by atoms with Gasteiger partial charge in [-0.3, -0.25) is 0 Å². The van der Waals surface area contributed by atoms with Gasteiger partial charge in [-0.05, 0) is 64.5 Å². The van der Waals surface area contributed by atoms with E-state index in [9.17, 15) is 0 Å². The van der Waals surface area contributed by atoms with E-state index in [1.165, 1.54) is 22.0 Å². The smallest absolute Gasteiger partial charge is 0.0480 e. The molecule has 104 valence electrons. The van der Waals surface area contributed by atoms with Crippen molar-refractivity contribution in [1.82, 2.24) is 9.88 Å². The zero-order valence-electron chi connectivity index (χ0n) is 11.8. The largest absolute Gasteiger partial charge is 0.347 e. The summed E-state index contributed by atoms with van der Waals surface area (Å²) in [6.07, 6.45) is 3.31. The molecule has 0 bridgehead atoms. The number of rotatable bonds is 6. The molecule has 3 heteroatoms. The van der Waals surface area contributed by atoms with E-state index in [1.54, 1.807) is 11.3 Å². The van der Waals surface area contributed by atoms with Crippen LogP contribution in [-0.4, -0.2) is 11.1 Å². The van der Waals surface area contributed by atoms with Gasteiger partial charge in [0.2, 0.25) is 0 Å². The summed E-state index contributed by atoms with van der Waals surface area (Å²) in [5.41, 5.74) is 4.12. The molecule has 1 aromatic carbocycles. The highest BCUT2D eigenvalue weighted by atomic mass is 32.1. The number of fused-ring (bicyclic) bond motifs is 1. The quantitative estimate of drug-likeness (QED) is 0.722. The molecular weight excluding hydrogens is 264 g/mol. The van der Waals surface area contributed by atoms with Crippen molar-refractivity contribution in [2.75, 3.05) is 6.54 Å². The number of hydrogen-bond acceptors (Lipinski definition) is 2. The van der Waals surface area contributed by atoms with Crippen LogP contribution in [0, 0.1) is 0 Å². The van der Waals surface area contributed by atoms with Gasteiger partial charge in [0.05, 0.1) is 0 Å². The van der Waals surface area contributed by atoms with Gasteiger partial charge in [0, 0.05) is 24.8 Å². The summed E-state index contributed by atoms with van der Waals surface area (Å²) in [6, 6.07) is 11.2. The molecule has 0 aliphatic heterocycles. The van der Waals surface area contributed by atoms with Crippen LogP contribution < -0.4 is 5.32 Å². The first-order valence-corrected chi connectivity index (χ1v) is 8.10. The lowest BCUT2D eigenvalue weighted by Gasteiger charge is -2.06. The molecule has 0 fully saturated rings. The lowest BCUT2D eigenvalue weighted by atomic mass is 10.1. The monoisotopic (exact) mass is 284 g/mol. The molecule has 3 aromatic rings. The summed E-state index contributed by atoms with van der Waals surface area (Å²) >= 11 is 1.77. The average molecular weight is 284 g/mol. The van der Waals surface area contributed by atoms with Crippen LogP contribution in [0.25, 0.3) is 10.9 Å². The third-order valence-electron chi connectivity index (χ3n) is 3.64. The van der Waals surface area contributed by atoms with Crippen LogP contribution in [0.4, 0.5) is 0 Å². The minimum atomic E-state index is 0.951. The van der Waals surface area contributed by atoms with Crippen LogP contribution in [0.5, 0.6) is 0 Å². The van der Waals surface area contributed by atoms with Gasteiger partial charge in [0.25, 0.3) is 0 Å². The number of benzene rings is 1. The SMILES string of the molecule is CCNCc1ccc2c(ccn2CCc2ccsc2)c1. The molecule has 0 radical (unpaired) electrons. The second-order valence-electron chi connectivity index (χ2n) is 5.06. The molecule has 2 heterocycles. The Hall–Kier alpha value is -1.58. The minimum Gasteiger partial charge on any atom is -0.347 e. The van der Waals surface area contributed by atoms with E-state index >= 15 is 0 Å². The van der Waals surface area contributed by atoms with Crippen molar-refractivity contribution in [3.05, 3.63) is 58.4 Å². The molecule has 1 N–H and O–H groups in total. The lowest BCUT2D eigenvalue weighted by molar-refractivity contribution is 0.721. The minimum absolute atomic E-state index is 0.951. The molecule has 0 atom stereocenters. The molecule has 0 unspecified atom stereocenters. The fraction of sp³-hybridized carbons (Fsp3) is 0.294. The highest BCUT2D eigenvalue weighted by Gasteiger charge is 2.03. The molecule has 20 heavy (non-hydrogen) atoms. The Kier molecular flexibility index (Phi) is 4.19. The summed E-state index contributed by atoms with van der Waals surface area (Å²) in [4.78, 5) is 0. The predicted octanol–water partition coefficient (Wildman–Crippen LogP) is 4.06. The molecule has 3 rings (SSSR count). The van der Waals surface area contributed by atoms with Gasteiger partial charge in [-0.1, -0.05) is 13.0 Å². The Morgan fingerprint density at radius 3 is 2.90 bits per heavy atom. The summed E-state index contributed by atoms with van der Waals surface area (Å²) in [5.74, 6) is 0. The molecule has 0 aliphatic carbocycles. The standard InChI is InChI=1S/C17H20N2S/c1-2-18-12-15-3-4-17-16(11-15)6-9-19(17)8-5-14-7-10-20-13-14/h3-4,6-7,9-11,13,18H,2,5,8,12H2,1H3. The number of aromatic nitrogens is 1. The van der Waals surface area contributed by atoms with Crippen molar-refractivity contribution in [3.63, 3.8) is 0 Å². The molecule has 0 aliphatic rings. The first-order chi connectivity index (χ1) is 9.86. The van der Waals surface area contributed by atoms with E-state index in [-0.39, 0.29) is 0 Å². The Morgan fingerprint density at radius 1 is 1.15 bits per heavy atom. The van der Waals surface area contributed by atoms with Gasteiger partial charge < -0.3 is 9.88 Å². The number of aryl methyl sites for hydroxylation is 2. The van der Waals surface area contributed by atoms with Crippen molar-refractivity contribution in [2.45, 2.75) is 26.4 Å². The summed E-state index contributed by atoms with van der Waals surface area (Å²) in [6.45, 7) is 5.15. The molecule has 2 nitrogen and oxygen atoms in total. The average Bonchev–Trinajstić information content (AvgIpc) is 3.12. The highest BCUT2D eigenvalue weighted by Crippen LogP contribution is 2.19. The van der Waals surface area contributed by atoms with Crippen LogP contribution in [0.2, 0.25) is 0 Å². The van der Waals surface area contributed by atoms with E-state index in [0.29, 0.717) is 0 Å². The van der Waals surface area contributed by atoms with Crippen LogP contribution in [0.15, 0.2) is 47.3 Å². The molecule has 0 spiro atoms. The molecule has 0 saturated heterocycles. The van der Waals surface area contributed by atoms with Crippen molar-refractivity contribution in [3.8, 4) is 0 Å². The van der Waals surface area contributed by atoms with Gasteiger partial charge in [-0.2, -0.15) is 11.3 Å². The molecule has 0 amide bonds. The van der Waals surface area contributed by atoms with Gasteiger partial charge in [-0.25, -0.2) is 0 Å². The Bertz CT molecular complexity index is 667. The maximum atomic E-state index is 3.37. The topological polar surface area (TPSA) is 17.0 Å². The maximum absolute atomic E-state index is 3.37. The summed E-state index contributed by atoms with van der Waals surface area (Å²) in [7, 11) is 0. The second-order valence-corrected chi connectivity index (χ2v) is 5.84. The van der Waals surface area contributed by atoms with Gasteiger partial charge >= 0.3 is 0 Å². The zero-order valence-corrected chi connectivity index (χ0v) is 12.6. The Labute approximate surface area is 124 Å². The van der Waals surface area contributed by atoms with Crippen LogP contribution >= 0.6 is 11.3 Å². The van der Waals surface area contributed by atoms with Crippen molar-refractivity contribution in [1.29, 1.82) is 0 Å². The highest BCUT2D eigenvalue weighted by molar-refractivity contribution is 7.07. The van der Waals surface area contributed by atoms with Crippen molar-refractivity contribution in [2.24, 2.45) is 0 Å². The summed E-state index contributed by atoms with van der Waals surface area (Å²) < 4.78 is 2.35. The molecule has 0 saturated carbocycles. The second kappa shape index (κ2) is 6.25. The van der Waals surface area contributed by atoms with E-state index in [4.69, 9.17) is 0 Å². The van der Waals surface area contributed by atoms with Crippen molar-refractivity contribution < 1.29 is 0 Å². The normalized spacial score (nSPS) is 11.2. The van der Waals surface area contributed by atoms with Gasteiger partial charge in [0.1, 0.15) is 0 Å². The fourth-order valence-electron chi connectivity index (χ4n) is 2.51. The van der Waals surface area contributed by atoms with Crippen LogP contribution in [0.3, 0.4) is 0 Å². The number of hydrogen-bond donors (Lipinski definition) is 1. The predicted molar refractivity (Wildman–Crippen MR) is 87.3 cm³/mol. The van der Waals surface area contributed by atoms with Crippen LogP contribution in [0.1, 0.15) is 18.1 Å². The van der Waals surface area contributed by atoms with E-state index in [2.05, 4.69) is 64.1 Å². The van der Waals surface area contributed by atoms with E-state index in [1.807, 2.05) is 0 Å². The third kappa shape index (κ3) is 2.94. The lowest BCUT2D eigenvalue weighted by Crippen LogP contribution is -2.11. The number of nitrogens with zero attached hydrogens (tertiary/aromatic N) is 1. The number of thiophene rings is 1. The first kappa shape index (κ1) is 13.4. The number of nitrogens with one attached hydrogen (secondary N) is 1. The third-order valence-corrected chi connectivity index (χ3v) is 4.37. The fourth-order valence-corrected chi connectivity index (χ4v) is 3.21. The Balaban J connectivity index is 1.75. The van der Waals surface area contributed by atoms with Crippen LogP contribution in [-0.2, 0) is 19.5 Å². The summed E-state index contributed by atoms with van der Waals surface area (Å²) in [5, 5.41) is 9.10. The Morgan fingerprint density at radius 2 is 2.10 bits per heavy atom. The van der Waals surface area contributed by atoms with Gasteiger partial charge in [0.15, 0.2) is 0 Å². The zero-order chi connectivity index (χ0) is 13.8. The maximum Gasteiger partial charge on any atom is 0.0480 e. The van der Waals surface area contributed by atoms with E-state index in [0.717, 1.165) is 26.1 Å². The first-order valence-electron chi connectivity index (χ1n) is 7.16. The van der Waals surface area contributed by atoms with Crippen molar-refractivity contribution >= 4 is 22.2 Å². The van der Waals surface area contributed by atoms with Gasteiger partial charge in [-0.15, -0.1) is 0 Å².